The van der Waals surface area contributed by atoms with Gasteiger partial charge in [0.1, 0.15) is 0 Å². The lowest BCUT2D eigenvalue weighted by Crippen LogP contribution is -2.23. The smallest absolute Gasteiger partial charge is 0.0705 e. The summed E-state index contributed by atoms with van der Waals surface area (Å²) in [7, 11) is 0. The molecule has 0 fully saturated rings. The van der Waals surface area contributed by atoms with Gasteiger partial charge in [-0.3, -0.25) is 0 Å². The largest absolute Gasteiger partial charge is 0.391 e. The van der Waals surface area contributed by atoms with E-state index in [1.165, 1.54) is 0 Å². The number of rotatable bonds is 2. The molecule has 0 bridgehead atoms. The molecule has 86 valence electrons. The summed E-state index contributed by atoms with van der Waals surface area (Å²) in [5, 5.41) is 10.4. The molecule has 0 aliphatic rings. The van der Waals surface area contributed by atoms with Crippen LogP contribution in [0, 0.1) is 0 Å². The van der Waals surface area contributed by atoms with Gasteiger partial charge in [0.15, 0.2) is 0 Å². The van der Waals surface area contributed by atoms with Gasteiger partial charge in [-0.25, -0.2) is 0 Å². The fourth-order valence-corrected chi connectivity index (χ4v) is 1.88. The molecule has 0 saturated heterocycles. The van der Waals surface area contributed by atoms with Crippen molar-refractivity contribution in [3.05, 3.63) is 32.8 Å². The third kappa shape index (κ3) is 3.38. The Morgan fingerprint density at radius 2 is 1.67 bits per heavy atom. The minimum atomic E-state index is -0.733. The van der Waals surface area contributed by atoms with Crippen molar-refractivity contribution in [1.82, 2.24) is 0 Å². The maximum absolute atomic E-state index is 9.33. The molecular formula is C9H11Cl4NO. The van der Waals surface area contributed by atoms with Crippen LogP contribution in [-0.2, 0) is 0 Å². The summed E-state index contributed by atoms with van der Waals surface area (Å²) < 4.78 is 0. The highest BCUT2D eigenvalue weighted by Gasteiger charge is 2.20. The molecule has 0 heterocycles. The van der Waals surface area contributed by atoms with E-state index in [4.69, 9.17) is 40.5 Å². The summed E-state index contributed by atoms with van der Waals surface area (Å²) in [6.07, 6.45) is -0.733. The van der Waals surface area contributed by atoms with Gasteiger partial charge in [-0.05, 0) is 19.1 Å². The van der Waals surface area contributed by atoms with Gasteiger partial charge in [-0.1, -0.05) is 34.8 Å². The van der Waals surface area contributed by atoms with Crippen molar-refractivity contribution in [3.63, 3.8) is 0 Å². The number of aliphatic hydroxyl groups is 1. The first-order valence-electron chi connectivity index (χ1n) is 4.02. The van der Waals surface area contributed by atoms with E-state index in [1.54, 1.807) is 19.1 Å². The summed E-state index contributed by atoms with van der Waals surface area (Å²) in [4.78, 5) is 0. The van der Waals surface area contributed by atoms with Crippen molar-refractivity contribution >= 4 is 47.2 Å². The van der Waals surface area contributed by atoms with Gasteiger partial charge in [0.2, 0.25) is 0 Å². The summed E-state index contributed by atoms with van der Waals surface area (Å²) in [6, 6.07) is 2.56. The topological polar surface area (TPSA) is 46.2 Å². The maximum atomic E-state index is 9.33. The first kappa shape index (κ1) is 15.3. The van der Waals surface area contributed by atoms with Crippen LogP contribution in [0.15, 0.2) is 12.1 Å². The van der Waals surface area contributed by atoms with E-state index >= 15 is 0 Å². The number of nitrogens with two attached hydrogens (primary N) is 1. The quantitative estimate of drug-likeness (QED) is 0.820. The van der Waals surface area contributed by atoms with Gasteiger partial charge in [0.25, 0.3) is 0 Å². The van der Waals surface area contributed by atoms with Gasteiger partial charge in [0, 0.05) is 10.6 Å². The highest BCUT2D eigenvalue weighted by molar-refractivity contribution is 6.44. The average Bonchev–Trinajstić information content (AvgIpc) is 2.12. The van der Waals surface area contributed by atoms with E-state index in [0.29, 0.717) is 20.6 Å². The van der Waals surface area contributed by atoms with Crippen LogP contribution in [0.3, 0.4) is 0 Å². The molecule has 2 atom stereocenters. The number of halogens is 4. The van der Waals surface area contributed by atoms with Crippen molar-refractivity contribution in [2.45, 2.75) is 19.1 Å². The average molecular weight is 291 g/mol. The molecule has 0 aliphatic heterocycles. The molecule has 1 aromatic carbocycles. The minimum Gasteiger partial charge on any atom is -0.391 e. The molecule has 2 nitrogen and oxygen atoms in total. The van der Waals surface area contributed by atoms with Gasteiger partial charge in [0.05, 0.1) is 22.2 Å². The van der Waals surface area contributed by atoms with E-state index in [0.717, 1.165) is 0 Å². The summed E-state index contributed by atoms with van der Waals surface area (Å²) in [5.41, 5.74) is 6.21. The van der Waals surface area contributed by atoms with Crippen LogP contribution in [0.1, 0.15) is 18.5 Å². The molecule has 0 saturated carbocycles. The second-order valence-corrected chi connectivity index (χ2v) is 4.22. The Bertz CT molecular complexity index is 343. The molecular weight excluding hydrogens is 280 g/mol. The molecule has 0 aromatic heterocycles. The van der Waals surface area contributed by atoms with Crippen LogP contribution in [0.2, 0.25) is 15.1 Å². The lowest BCUT2D eigenvalue weighted by molar-refractivity contribution is 0.164. The lowest BCUT2D eigenvalue weighted by Gasteiger charge is -2.18. The van der Waals surface area contributed by atoms with Crippen LogP contribution < -0.4 is 5.73 Å². The zero-order chi connectivity index (χ0) is 10.9. The van der Waals surface area contributed by atoms with Gasteiger partial charge in [-0.2, -0.15) is 0 Å². The van der Waals surface area contributed by atoms with E-state index in [2.05, 4.69) is 0 Å². The summed E-state index contributed by atoms with van der Waals surface area (Å²) in [5.74, 6) is 0. The van der Waals surface area contributed by atoms with E-state index < -0.39 is 12.1 Å². The zero-order valence-corrected chi connectivity index (χ0v) is 11.0. The number of benzene rings is 1. The monoisotopic (exact) mass is 289 g/mol. The normalized spacial score (nSPS) is 14.3. The van der Waals surface area contributed by atoms with Crippen LogP contribution in [-0.4, -0.2) is 11.2 Å². The van der Waals surface area contributed by atoms with Crippen LogP contribution in [0.5, 0.6) is 0 Å². The zero-order valence-electron chi connectivity index (χ0n) is 7.88. The van der Waals surface area contributed by atoms with E-state index in [-0.39, 0.29) is 12.4 Å². The number of hydrogen-bond acceptors (Lipinski definition) is 2. The molecule has 0 radical (unpaired) electrons. The summed E-state index contributed by atoms with van der Waals surface area (Å²) in [6.45, 7) is 1.57. The fourth-order valence-electron chi connectivity index (χ4n) is 1.09. The Morgan fingerprint density at radius 3 is 2.13 bits per heavy atom. The molecule has 1 rings (SSSR count). The molecule has 6 heteroatoms. The van der Waals surface area contributed by atoms with Crippen molar-refractivity contribution in [2.24, 2.45) is 5.73 Å². The minimum absolute atomic E-state index is 0. The first-order chi connectivity index (χ1) is 6.45. The molecule has 0 unspecified atom stereocenters. The Hall–Kier alpha value is 0.300. The van der Waals surface area contributed by atoms with Crippen molar-refractivity contribution in [1.29, 1.82) is 0 Å². The maximum Gasteiger partial charge on any atom is 0.0705 e. The highest BCUT2D eigenvalue weighted by Crippen LogP contribution is 2.35. The summed E-state index contributed by atoms with van der Waals surface area (Å²) >= 11 is 17.6. The number of aliphatic hydroxyl groups excluding tert-OH is 1. The fraction of sp³-hybridized carbons (Fsp3) is 0.333. The molecule has 0 aliphatic carbocycles. The van der Waals surface area contributed by atoms with Gasteiger partial charge < -0.3 is 10.8 Å². The third-order valence-corrected chi connectivity index (χ3v) is 3.08. The third-order valence-electron chi connectivity index (χ3n) is 1.93. The van der Waals surface area contributed by atoms with Crippen molar-refractivity contribution in [2.75, 3.05) is 0 Å². The van der Waals surface area contributed by atoms with Crippen LogP contribution in [0.4, 0.5) is 0 Å². The molecule has 15 heavy (non-hydrogen) atoms. The van der Waals surface area contributed by atoms with Crippen molar-refractivity contribution < 1.29 is 5.11 Å². The predicted molar refractivity (Wildman–Crippen MR) is 67.3 cm³/mol. The van der Waals surface area contributed by atoms with Crippen LogP contribution >= 0.6 is 47.2 Å². The molecule has 0 amide bonds. The van der Waals surface area contributed by atoms with Crippen LogP contribution in [0.25, 0.3) is 0 Å². The first-order valence-corrected chi connectivity index (χ1v) is 5.15. The van der Waals surface area contributed by atoms with Crippen molar-refractivity contribution in [3.8, 4) is 0 Å². The standard InChI is InChI=1S/C9H10Cl3NO.ClH/c1-4(14)9(13)7-5(10)2-3-6(11)8(7)12;/h2-4,9,14H,13H2,1H3;1H/t4-,9-;/m1./s1. The lowest BCUT2D eigenvalue weighted by atomic mass is 10.0. The second-order valence-electron chi connectivity index (χ2n) is 3.02. The second kappa shape index (κ2) is 6.14. The molecule has 3 N–H and O–H groups in total. The highest BCUT2D eigenvalue weighted by atomic mass is 35.5. The number of hydrogen-bond donors (Lipinski definition) is 2. The SMILES string of the molecule is C[C@@H](O)[C@@H](N)c1c(Cl)ccc(Cl)c1Cl.Cl. The van der Waals surface area contributed by atoms with Gasteiger partial charge in [-0.15, -0.1) is 12.4 Å². The van der Waals surface area contributed by atoms with Gasteiger partial charge >= 0.3 is 0 Å². The predicted octanol–water partition coefficient (Wildman–Crippen LogP) is 3.45. The van der Waals surface area contributed by atoms with E-state index in [9.17, 15) is 5.11 Å². The Balaban J connectivity index is 0.00000196. The Labute approximate surface area is 110 Å². The Morgan fingerprint density at radius 1 is 1.20 bits per heavy atom. The molecule has 1 aromatic rings. The molecule has 0 spiro atoms. The van der Waals surface area contributed by atoms with E-state index in [1.807, 2.05) is 0 Å². The Kier molecular flexibility index (Phi) is 6.26.